The zero-order valence-corrected chi connectivity index (χ0v) is 26.7. The summed E-state index contributed by atoms with van der Waals surface area (Å²) in [6.07, 6.45) is 0. The number of rotatable bonds is 4. The molecule has 0 aliphatic carbocycles. The largest absolute Gasteiger partial charge is 0.742 e. The number of hydrogen-bond acceptors (Lipinski definition) is 1. The molecule has 0 atom stereocenters. The van der Waals surface area contributed by atoms with Crippen LogP contribution in [0.2, 0.25) is 0 Å². The molecule has 4 aromatic rings. The van der Waals surface area contributed by atoms with Crippen molar-refractivity contribution in [1.82, 2.24) is 0 Å². The molecule has 0 aliphatic rings. The van der Waals surface area contributed by atoms with Gasteiger partial charge in [-0.15, -0.1) is 0 Å². The fourth-order valence-corrected chi connectivity index (χ4v) is 6.52. The van der Waals surface area contributed by atoms with Crippen LogP contribution in [0.4, 0.5) is 0 Å². The molecule has 0 heterocycles. The van der Waals surface area contributed by atoms with Crippen LogP contribution in [0.15, 0.2) is 121 Å². The first kappa shape index (κ1) is 31.3. The number of halogens is 3. The normalized spacial score (nSPS) is 10.0. The van der Waals surface area contributed by atoms with Crippen LogP contribution in [0.3, 0.4) is 0 Å². The third-order valence-corrected chi connectivity index (χ3v) is 9.62. The molecule has 0 radical (unpaired) electrons. The molecule has 0 saturated carbocycles. The van der Waals surface area contributed by atoms with Crippen LogP contribution >= 0.6 is 44.4 Å². The molecule has 0 fully saturated rings. The van der Waals surface area contributed by atoms with Crippen LogP contribution in [-0.2, 0) is 26.1 Å². The van der Waals surface area contributed by atoms with Crippen LogP contribution in [-0.4, -0.2) is 13.3 Å². The number of benzene rings is 4. The second-order valence-corrected chi connectivity index (χ2v) is 23.5. The molecule has 0 N–H and O–H groups in total. The van der Waals surface area contributed by atoms with Gasteiger partial charge in [-0.3, -0.25) is 12.4 Å². The van der Waals surface area contributed by atoms with Gasteiger partial charge in [-0.25, -0.2) is 0 Å². The minimum Gasteiger partial charge on any atom is -0.742 e. The van der Waals surface area contributed by atoms with E-state index in [9.17, 15) is 0 Å². The van der Waals surface area contributed by atoms with Crippen LogP contribution in [0, 0.1) is 0 Å². The summed E-state index contributed by atoms with van der Waals surface area (Å²) in [4.78, 5) is 0. The van der Waals surface area contributed by atoms with E-state index in [1.54, 1.807) is 0 Å². The molecule has 0 amide bonds. The quantitative estimate of drug-likeness (QED) is 0.201. The van der Waals surface area contributed by atoms with E-state index in [4.69, 9.17) is 33.4 Å². The van der Waals surface area contributed by atoms with Crippen LogP contribution in [0.5, 0.6) is 0 Å². The van der Waals surface area contributed by atoms with E-state index in [0.717, 1.165) is 0 Å². The van der Waals surface area contributed by atoms with Crippen molar-refractivity contribution in [3.05, 3.63) is 126 Å². The Kier molecular flexibility index (Phi) is 17.9. The summed E-state index contributed by atoms with van der Waals surface area (Å²) in [5.74, 6) is 0. The van der Waals surface area contributed by atoms with Crippen molar-refractivity contribution in [2.75, 3.05) is 13.3 Å². The molecule has 0 bridgehead atoms. The monoisotopic (exact) mass is 740 g/mol. The maximum absolute atomic E-state index is 6.58. The molecule has 4 aromatic carbocycles. The number of nitrogens with zero attached hydrogens (tertiary/aromatic N) is 1. The molecule has 1 nitrogen and oxygen atoms in total. The first-order chi connectivity index (χ1) is 16.5. The Balaban J connectivity index is 0.000000277. The van der Waals surface area contributed by atoms with Gasteiger partial charge in [0.15, 0.2) is 0 Å². The predicted octanol–water partition coefficient (Wildman–Crippen LogP) is 7.32. The molecule has 0 aliphatic heterocycles. The zero-order valence-electron chi connectivity index (χ0n) is 18.9. The third kappa shape index (κ3) is 12.8. The van der Waals surface area contributed by atoms with Gasteiger partial charge in [-0.05, 0) is 48.5 Å². The van der Waals surface area contributed by atoms with Crippen molar-refractivity contribution in [3.8, 4) is 0 Å². The molecule has 180 valence electrons. The van der Waals surface area contributed by atoms with E-state index in [1.807, 2.05) is 0 Å². The van der Waals surface area contributed by atoms with Gasteiger partial charge in [0, 0.05) is 0 Å². The Morgan fingerprint density at radius 1 is 0.471 bits per heavy atom. The second kappa shape index (κ2) is 19.5. The molecule has 0 unspecified atom stereocenters. The maximum Gasteiger partial charge on any atom is -0.258 e. The van der Waals surface area contributed by atoms with Gasteiger partial charge < -0.3 is 4.78 Å². The van der Waals surface area contributed by atoms with Crippen molar-refractivity contribution in [2.24, 2.45) is 0 Å². The standard InChI is InChI=1S/2C13H13P.3ClH.NS.Re/c2*1-14(12-8-4-2-5-9-12)13-10-6-3-7-11-13;;;;1-2;/h2*2-11H,1H3;3*1H;;/q;;;;;-1;+3/p-1. The molecular weight excluding hydrogens is 713 g/mol. The summed E-state index contributed by atoms with van der Waals surface area (Å²) >= 11 is 1.04. The van der Waals surface area contributed by atoms with Crippen LogP contribution < -0.4 is 21.2 Å². The van der Waals surface area contributed by atoms with E-state index in [0.29, 0.717) is 0 Å². The van der Waals surface area contributed by atoms with E-state index in [2.05, 4.69) is 147 Å². The molecule has 0 spiro atoms. The minimum atomic E-state index is -2.05. The van der Waals surface area contributed by atoms with Crippen LogP contribution in [0.25, 0.3) is 4.78 Å². The SMILES string of the molecule is C[PH+](c1ccccc1)c1ccccc1.C[PH+](c1ccccc1)c1ccccc1.[Cl][Re]([Cl])[Cl].[N-]=S. The van der Waals surface area contributed by atoms with Crippen molar-refractivity contribution >= 4 is 78.1 Å². The van der Waals surface area contributed by atoms with Gasteiger partial charge in [-0.1, -0.05) is 72.8 Å². The zero-order chi connectivity index (χ0) is 25.2. The predicted molar refractivity (Wildman–Crippen MR) is 161 cm³/mol. The first-order valence-electron chi connectivity index (χ1n) is 10.3. The smallest absolute Gasteiger partial charge is 0.258 e. The van der Waals surface area contributed by atoms with Crippen molar-refractivity contribution in [3.63, 3.8) is 0 Å². The average Bonchev–Trinajstić information content (AvgIpc) is 2.91. The van der Waals surface area contributed by atoms with Crippen LogP contribution in [0.1, 0.15) is 0 Å². The van der Waals surface area contributed by atoms with Crippen molar-refractivity contribution < 1.29 is 13.7 Å². The Bertz CT molecular complexity index is 854. The molecule has 8 heteroatoms. The van der Waals surface area contributed by atoms with Gasteiger partial charge in [0.05, 0.1) is 50.4 Å². The summed E-state index contributed by atoms with van der Waals surface area (Å²) in [5.41, 5.74) is 0. The van der Waals surface area contributed by atoms with E-state index >= 15 is 0 Å². The number of hydrogen-bond donors (Lipinski definition) is 0. The van der Waals surface area contributed by atoms with Gasteiger partial charge in [0.2, 0.25) is 0 Å². The second-order valence-electron chi connectivity index (χ2n) is 6.88. The summed E-state index contributed by atoms with van der Waals surface area (Å²) in [6, 6.07) is 43.0. The molecule has 0 saturated heterocycles. The molecule has 0 aromatic heterocycles. The van der Waals surface area contributed by atoms with Crippen molar-refractivity contribution in [1.29, 1.82) is 0 Å². The fourth-order valence-electron chi connectivity index (χ4n) is 3.09. The fraction of sp³-hybridized carbons (Fsp3) is 0.0769. The summed E-state index contributed by atoms with van der Waals surface area (Å²) < 4.78 is 6.58. The minimum absolute atomic E-state index is 0.545. The van der Waals surface area contributed by atoms with E-state index < -0.39 is 29.5 Å². The third-order valence-electron chi connectivity index (χ3n) is 4.83. The summed E-state index contributed by atoms with van der Waals surface area (Å²) in [6.45, 7) is 4.69. The van der Waals surface area contributed by atoms with E-state index in [1.165, 1.54) is 21.2 Å². The molecular formula is C26H28Cl3NP2ReS+. The first-order valence-corrected chi connectivity index (χ1v) is 24.7. The Hall–Kier alpha value is -0.708. The maximum atomic E-state index is 6.58. The van der Waals surface area contributed by atoms with Gasteiger partial charge in [0.1, 0.15) is 0 Å². The van der Waals surface area contributed by atoms with Crippen molar-refractivity contribution in [2.45, 2.75) is 0 Å². The topological polar surface area (TPSA) is 22.3 Å². The Labute approximate surface area is 229 Å². The summed E-state index contributed by atoms with van der Waals surface area (Å²) in [5, 5.41) is 5.90. The van der Waals surface area contributed by atoms with Gasteiger partial charge >= 0.3 is 42.3 Å². The average molecular weight is 741 g/mol. The molecule has 4 rings (SSSR count). The van der Waals surface area contributed by atoms with Gasteiger partial charge in [0.25, 0.3) is 0 Å². The molecule has 34 heavy (non-hydrogen) atoms. The summed E-state index contributed by atoms with van der Waals surface area (Å²) in [7, 11) is 13.9. The van der Waals surface area contributed by atoms with Gasteiger partial charge in [-0.2, -0.15) is 0 Å². The van der Waals surface area contributed by atoms with E-state index in [-0.39, 0.29) is 0 Å². The Morgan fingerprint density at radius 3 is 0.765 bits per heavy atom. The Morgan fingerprint density at radius 2 is 0.618 bits per heavy atom.